The van der Waals surface area contributed by atoms with Crippen LogP contribution in [0, 0.1) is 12.0 Å². The molecule has 0 saturated heterocycles. The van der Waals surface area contributed by atoms with Crippen LogP contribution in [0.2, 0.25) is 0 Å². The minimum atomic E-state index is -4.53. The van der Waals surface area contributed by atoms with E-state index in [2.05, 4.69) is 10.2 Å². The van der Waals surface area contributed by atoms with Crippen LogP contribution in [0.3, 0.4) is 0 Å². The number of aliphatic hydroxyl groups is 1. The number of aromatic hydroxyl groups is 1. The van der Waals surface area contributed by atoms with Crippen molar-refractivity contribution in [3.63, 3.8) is 0 Å². The summed E-state index contributed by atoms with van der Waals surface area (Å²) in [4.78, 5) is 37.5. The third-order valence-electron chi connectivity index (χ3n) is 5.91. The van der Waals surface area contributed by atoms with Gasteiger partial charge >= 0.3 is 5.97 Å². The fourth-order valence-electron chi connectivity index (χ4n) is 3.88. The molecule has 1 aromatic heterocycles. The lowest BCUT2D eigenvalue weighted by Gasteiger charge is -2.11. The Hall–Kier alpha value is -5.61. The highest BCUT2D eigenvalue weighted by Crippen LogP contribution is 2.29. The fourth-order valence-corrected chi connectivity index (χ4v) is 4.84. The van der Waals surface area contributed by atoms with Crippen molar-refractivity contribution < 1.29 is 55.3 Å². The number of anilines is 1. The molecule has 2 aromatic carbocycles. The van der Waals surface area contributed by atoms with E-state index in [4.69, 9.17) is 9.84 Å². The number of Topliss-reactive ketones (excluding diaryl/α,β-unsaturated/α-hetero) is 1. The van der Waals surface area contributed by atoms with E-state index in [1.807, 2.05) is 5.92 Å². The Morgan fingerprint density at radius 1 is 0.956 bits per heavy atom. The molecule has 0 atom stereocenters. The molecular weight excluding hydrogens is 636 g/mol. The van der Waals surface area contributed by atoms with E-state index in [9.17, 15) is 45.4 Å². The highest BCUT2D eigenvalue weighted by atomic mass is 32.2. The Labute approximate surface area is 254 Å². The average Bonchev–Trinajstić information content (AvgIpc) is 3.49. The van der Waals surface area contributed by atoms with Crippen molar-refractivity contribution in [1.29, 1.82) is 0 Å². The van der Waals surface area contributed by atoms with Gasteiger partial charge in [0.05, 0.1) is 38.9 Å². The van der Waals surface area contributed by atoms with Crippen LogP contribution >= 0.6 is 0 Å². The number of aromatic nitrogens is 2. The van der Waals surface area contributed by atoms with Crippen LogP contribution in [0.1, 0.15) is 23.0 Å². The van der Waals surface area contributed by atoms with E-state index in [1.165, 1.54) is 31.2 Å². The number of carbonyl (C=O) groups excluding carboxylic acids is 3. The molecule has 4 N–H and O–H groups in total. The first-order valence-electron chi connectivity index (χ1n) is 12.3. The number of ketones is 1. The Morgan fingerprint density at radius 3 is 2.02 bits per heavy atom. The zero-order valence-corrected chi connectivity index (χ0v) is 24.4. The molecule has 16 nitrogen and oxygen atoms in total. The van der Waals surface area contributed by atoms with Crippen molar-refractivity contribution in [1.82, 2.24) is 9.78 Å². The number of aliphatic hydroxyl groups excluding tert-OH is 1. The molecule has 1 aliphatic rings. The third kappa shape index (κ3) is 6.81. The largest absolute Gasteiger partial charge is 0.493 e. The van der Waals surface area contributed by atoms with Crippen molar-refractivity contribution in [2.75, 3.05) is 11.6 Å². The second kappa shape index (κ2) is 12.6. The van der Waals surface area contributed by atoms with Crippen molar-refractivity contribution in [2.24, 2.45) is 5.10 Å². The molecule has 0 radical (unpaired) electrons. The van der Waals surface area contributed by atoms with E-state index >= 15 is 0 Å². The molecule has 0 fully saturated rings. The Balaban J connectivity index is 1.75. The number of benzene rings is 2. The first-order chi connectivity index (χ1) is 21.2. The monoisotopic (exact) mass is 656 g/mol. The molecule has 0 saturated carbocycles. The fraction of sp³-hybridized carbons (Fsp3) is 0.0741. The maximum Gasteiger partial charge on any atom is 0.359 e. The number of hydrogen-bond acceptors (Lipinski definition) is 12. The van der Waals surface area contributed by atoms with Gasteiger partial charge in [-0.3, -0.25) is 18.7 Å². The summed E-state index contributed by atoms with van der Waals surface area (Å²) in [5.74, 6) is -1.65. The van der Waals surface area contributed by atoms with Gasteiger partial charge in [-0.25, -0.2) is 4.79 Å². The highest BCUT2D eigenvalue weighted by molar-refractivity contribution is 7.86. The van der Waals surface area contributed by atoms with E-state index in [1.54, 1.807) is 0 Å². The minimum Gasteiger partial charge on any atom is -0.493 e. The van der Waals surface area contributed by atoms with Gasteiger partial charge in [0.15, 0.2) is 11.4 Å². The summed E-state index contributed by atoms with van der Waals surface area (Å²) in [5.41, 5.74) is -1.33. The van der Waals surface area contributed by atoms with E-state index < -0.39 is 59.3 Å². The van der Waals surface area contributed by atoms with Gasteiger partial charge in [0, 0.05) is 5.92 Å². The predicted molar refractivity (Wildman–Crippen MR) is 154 cm³/mol. The van der Waals surface area contributed by atoms with Crippen molar-refractivity contribution in [3.8, 4) is 23.6 Å². The number of esters is 1. The maximum absolute atomic E-state index is 13.2. The van der Waals surface area contributed by atoms with Crippen LogP contribution < -0.4 is 5.01 Å². The molecule has 1 aliphatic heterocycles. The summed E-state index contributed by atoms with van der Waals surface area (Å²) < 4.78 is 69.7. The van der Waals surface area contributed by atoms with Gasteiger partial charge in [-0.15, -0.1) is 0 Å². The molecule has 4 rings (SSSR count). The highest BCUT2D eigenvalue weighted by Gasteiger charge is 2.34. The second-order valence-corrected chi connectivity index (χ2v) is 11.6. The van der Waals surface area contributed by atoms with Crippen LogP contribution in [-0.4, -0.2) is 75.9 Å². The zero-order valence-electron chi connectivity index (χ0n) is 22.7. The molecule has 1 amide bonds. The van der Waals surface area contributed by atoms with Gasteiger partial charge in [0.25, 0.3) is 31.9 Å². The van der Waals surface area contributed by atoms with Crippen molar-refractivity contribution in [2.45, 2.75) is 16.7 Å². The molecule has 0 spiro atoms. The molecule has 0 bridgehead atoms. The smallest absolute Gasteiger partial charge is 0.359 e. The molecule has 232 valence electrons. The summed E-state index contributed by atoms with van der Waals surface area (Å²) in [6.45, 7) is 1.48. The Morgan fingerprint density at radius 2 is 1.51 bits per heavy atom. The lowest BCUT2D eigenvalue weighted by molar-refractivity contribution is -0.114. The summed E-state index contributed by atoms with van der Waals surface area (Å²) in [5, 5.41) is 28.6. The Bertz CT molecular complexity index is 2080. The van der Waals surface area contributed by atoms with Crippen LogP contribution in [0.25, 0.3) is 11.8 Å². The summed E-state index contributed by atoms with van der Waals surface area (Å²) in [6.07, 6.45) is 4.83. The molecule has 45 heavy (non-hydrogen) atoms. The van der Waals surface area contributed by atoms with Crippen molar-refractivity contribution >= 4 is 55.4 Å². The molecular formula is C27H20N4O12S2. The third-order valence-corrected chi connectivity index (χ3v) is 7.65. The zero-order chi connectivity index (χ0) is 33.1. The molecule has 0 aliphatic carbocycles. The molecule has 3 aromatic rings. The SMILES string of the molecule is CCOC(=O)c1nn(-c2ccc(S(=O)(=O)O)cc2)c(O)c1C=C/C=C1\C(=O)N(c2ccc(S(=O)(=O)O)cc2)N=C1C(=O)C#CO. The van der Waals surface area contributed by atoms with Crippen LogP contribution in [0.15, 0.2) is 81.1 Å². The minimum absolute atomic E-state index is 0.00516. The first-order valence-corrected chi connectivity index (χ1v) is 15.2. The number of hydrogen-bond donors (Lipinski definition) is 4. The van der Waals surface area contributed by atoms with E-state index in [-0.39, 0.29) is 34.8 Å². The molecule has 18 heteroatoms. The quantitative estimate of drug-likeness (QED) is 0.111. The van der Waals surface area contributed by atoms with E-state index in [0.717, 1.165) is 58.2 Å². The lowest BCUT2D eigenvalue weighted by atomic mass is 10.1. The van der Waals surface area contributed by atoms with E-state index in [0.29, 0.717) is 0 Å². The normalized spacial score (nSPS) is 14.4. The topological polar surface area (TPSA) is 243 Å². The number of hydrazone groups is 1. The molecule has 2 heterocycles. The number of ether oxygens (including phenoxy) is 1. The molecule has 0 unspecified atom stereocenters. The van der Waals surface area contributed by atoms with Gasteiger partial charge in [-0.05, 0) is 67.6 Å². The second-order valence-electron chi connectivity index (χ2n) is 8.73. The lowest BCUT2D eigenvalue weighted by Crippen LogP contribution is -2.22. The Kier molecular flexibility index (Phi) is 9.01. The summed E-state index contributed by atoms with van der Waals surface area (Å²) >= 11 is 0. The first kappa shape index (κ1) is 32.3. The number of carbonyl (C=O) groups is 3. The van der Waals surface area contributed by atoms with Gasteiger partial charge in [0.2, 0.25) is 5.88 Å². The average molecular weight is 657 g/mol. The number of amides is 1. The van der Waals surface area contributed by atoms with Gasteiger partial charge < -0.3 is 14.9 Å². The maximum atomic E-state index is 13.2. The van der Waals surface area contributed by atoms with Crippen LogP contribution in [-0.2, 0) is 34.6 Å². The van der Waals surface area contributed by atoms with Crippen LogP contribution in [0.4, 0.5) is 5.69 Å². The van der Waals surface area contributed by atoms with Gasteiger partial charge in [-0.2, -0.15) is 36.7 Å². The summed E-state index contributed by atoms with van der Waals surface area (Å²) in [7, 11) is -9.04. The number of rotatable bonds is 9. The number of allylic oxidation sites excluding steroid dienone is 2. The number of nitrogens with zero attached hydrogens (tertiary/aromatic N) is 4. The standard InChI is InChI=1S/C27H20N4O12S2/c1-2-43-27(36)24-21(26(35)31(29-24)17-8-12-19(13-9-17)45(40,41)42)5-3-4-20-23(22(33)14-15-32)28-30(25(20)34)16-6-10-18(11-7-16)44(37,38)39/h3-13,32,35H,2H2,1H3,(H,37,38,39)(H,40,41,42)/b5-3?,20-4-. The van der Waals surface area contributed by atoms with Crippen LogP contribution in [0.5, 0.6) is 5.88 Å². The summed E-state index contributed by atoms with van der Waals surface area (Å²) in [6, 6.07) is 8.76. The van der Waals surface area contributed by atoms with Crippen molar-refractivity contribution in [3.05, 3.63) is 77.5 Å². The van der Waals surface area contributed by atoms with Gasteiger partial charge in [0.1, 0.15) is 6.11 Å². The predicted octanol–water partition coefficient (Wildman–Crippen LogP) is 1.49. The van der Waals surface area contributed by atoms with Gasteiger partial charge in [-0.1, -0.05) is 6.08 Å².